The SMILES string of the molecule is C=CCN(Cc1cccn1Cc1cccc(C)c1)C(=O)Nc1ccc(Cl)cc1Cl. The van der Waals surface area contributed by atoms with E-state index in [4.69, 9.17) is 23.2 Å². The first kappa shape index (κ1) is 21.0. The van der Waals surface area contributed by atoms with Crippen LogP contribution in [0.1, 0.15) is 16.8 Å². The number of hydrogen-bond acceptors (Lipinski definition) is 1. The predicted octanol–water partition coefficient (Wildman–Crippen LogP) is 6.37. The summed E-state index contributed by atoms with van der Waals surface area (Å²) in [6.07, 6.45) is 3.73. The fourth-order valence-corrected chi connectivity index (χ4v) is 3.57. The molecule has 4 nitrogen and oxygen atoms in total. The number of urea groups is 1. The van der Waals surface area contributed by atoms with Crippen molar-refractivity contribution in [3.63, 3.8) is 0 Å². The smallest absolute Gasteiger partial charge is 0.322 e. The lowest BCUT2D eigenvalue weighted by Gasteiger charge is -2.23. The fraction of sp³-hybridized carbons (Fsp3) is 0.174. The van der Waals surface area contributed by atoms with Gasteiger partial charge in [0.15, 0.2) is 0 Å². The summed E-state index contributed by atoms with van der Waals surface area (Å²) in [5.41, 5.74) is 4.00. The summed E-state index contributed by atoms with van der Waals surface area (Å²) in [6, 6.07) is 17.1. The van der Waals surface area contributed by atoms with Crippen LogP contribution in [-0.2, 0) is 13.1 Å². The van der Waals surface area contributed by atoms with Crippen molar-refractivity contribution < 1.29 is 4.79 Å². The Hall–Kier alpha value is -2.69. The zero-order valence-electron chi connectivity index (χ0n) is 16.2. The standard InChI is InChI=1S/C23H23Cl2N3O/c1-3-11-28(23(29)26-22-10-9-19(24)14-21(22)25)16-20-8-5-12-27(20)15-18-7-4-6-17(2)13-18/h3-10,12-14H,1,11,15-16H2,2H3,(H,26,29). The van der Waals surface area contributed by atoms with Gasteiger partial charge in [-0.05, 0) is 42.8 Å². The lowest BCUT2D eigenvalue weighted by Crippen LogP contribution is -2.35. The fourth-order valence-electron chi connectivity index (χ4n) is 3.11. The number of nitrogens with one attached hydrogen (secondary N) is 1. The summed E-state index contributed by atoms with van der Waals surface area (Å²) in [4.78, 5) is 14.5. The molecule has 2 aromatic carbocycles. The maximum Gasteiger partial charge on any atom is 0.322 e. The Kier molecular flexibility index (Phi) is 7.02. The van der Waals surface area contributed by atoms with Gasteiger partial charge in [0.1, 0.15) is 0 Å². The second-order valence-electron chi connectivity index (χ2n) is 6.84. The molecule has 0 bridgehead atoms. The first-order valence-corrected chi connectivity index (χ1v) is 10.0. The van der Waals surface area contributed by atoms with Crippen molar-refractivity contribution in [1.82, 2.24) is 9.47 Å². The quantitative estimate of drug-likeness (QED) is 0.436. The molecule has 0 unspecified atom stereocenters. The molecule has 0 aliphatic rings. The van der Waals surface area contributed by atoms with Crippen LogP contribution < -0.4 is 5.32 Å². The number of aryl methyl sites for hydroxylation is 1. The summed E-state index contributed by atoms with van der Waals surface area (Å²) in [5.74, 6) is 0. The topological polar surface area (TPSA) is 37.3 Å². The molecule has 0 aliphatic carbocycles. The average Bonchev–Trinajstić information content (AvgIpc) is 3.10. The molecule has 1 N–H and O–H groups in total. The summed E-state index contributed by atoms with van der Waals surface area (Å²) in [6.45, 7) is 7.46. The minimum atomic E-state index is -0.252. The Morgan fingerprint density at radius 1 is 1.17 bits per heavy atom. The van der Waals surface area contributed by atoms with Crippen molar-refractivity contribution in [2.75, 3.05) is 11.9 Å². The Labute approximate surface area is 181 Å². The molecule has 0 atom stereocenters. The molecular formula is C23H23Cl2N3O. The van der Waals surface area contributed by atoms with Gasteiger partial charge in [0, 0.05) is 30.0 Å². The van der Waals surface area contributed by atoms with Gasteiger partial charge in [-0.2, -0.15) is 0 Å². The van der Waals surface area contributed by atoms with Crippen LogP contribution in [0.2, 0.25) is 10.0 Å². The zero-order valence-corrected chi connectivity index (χ0v) is 17.7. The monoisotopic (exact) mass is 427 g/mol. The first-order valence-electron chi connectivity index (χ1n) is 9.27. The number of rotatable bonds is 7. The highest BCUT2D eigenvalue weighted by atomic mass is 35.5. The number of hydrogen-bond donors (Lipinski definition) is 1. The molecular weight excluding hydrogens is 405 g/mol. The Morgan fingerprint density at radius 2 is 2.00 bits per heavy atom. The Balaban J connectivity index is 1.74. The number of carbonyl (C=O) groups is 1. The molecule has 3 aromatic rings. The number of amides is 2. The molecule has 0 aliphatic heterocycles. The van der Waals surface area contributed by atoms with Gasteiger partial charge in [-0.3, -0.25) is 0 Å². The minimum absolute atomic E-state index is 0.252. The van der Waals surface area contributed by atoms with E-state index in [0.717, 1.165) is 12.2 Å². The largest absolute Gasteiger partial charge is 0.345 e. The van der Waals surface area contributed by atoms with Crippen molar-refractivity contribution in [3.05, 3.63) is 100 Å². The van der Waals surface area contributed by atoms with Gasteiger partial charge >= 0.3 is 6.03 Å². The third-order valence-electron chi connectivity index (χ3n) is 4.52. The number of aromatic nitrogens is 1. The molecule has 6 heteroatoms. The number of anilines is 1. The van der Waals surface area contributed by atoms with Gasteiger partial charge in [0.05, 0.1) is 17.3 Å². The highest BCUT2D eigenvalue weighted by molar-refractivity contribution is 6.36. The van der Waals surface area contributed by atoms with E-state index in [9.17, 15) is 4.79 Å². The number of carbonyl (C=O) groups excluding carboxylic acids is 1. The maximum absolute atomic E-state index is 12.8. The molecule has 0 spiro atoms. The summed E-state index contributed by atoms with van der Waals surface area (Å²) in [7, 11) is 0. The average molecular weight is 428 g/mol. The van der Waals surface area contributed by atoms with Crippen LogP contribution in [0.25, 0.3) is 0 Å². The third kappa shape index (κ3) is 5.66. The maximum atomic E-state index is 12.8. The third-order valence-corrected chi connectivity index (χ3v) is 5.07. The molecule has 0 saturated carbocycles. The number of benzene rings is 2. The predicted molar refractivity (Wildman–Crippen MR) is 121 cm³/mol. The van der Waals surface area contributed by atoms with E-state index in [0.29, 0.717) is 28.8 Å². The lowest BCUT2D eigenvalue weighted by molar-refractivity contribution is 0.214. The van der Waals surface area contributed by atoms with E-state index < -0.39 is 0 Å². The lowest BCUT2D eigenvalue weighted by atomic mass is 10.1. The number of halogens is 2. The Morgan fingerprint density at radius 3 is 2.72 bits per heavy atom. The van der Waals surface area contributed by atoms with Crippen LogP contribution in [0.5, 0.6) is 0 Å². The van der Waals surface area contributed by atoms with Crippen LogP contribution in [-0.4, -0.2) is 22.0 Å². The molecule has 0 saturated heterocycles. The van der Waals surface area contributed by atoms with Gasteiger partial charge in [-0.1, -0.05) is 59.1 Å². The number of nitrogens with zero attached hydrogens (tertiary/aromatic N) is 2. The van der Waals surface area contributed by atoms with Crippen LogP contribution in [0, 0.1) is 6.92 Å². The van der Waals surface area contributed by atoms with Crippen LogP contribution in [0.4, 0.5) is 10.5 Å². The van der Waals surface area contributed by atoms with Gasteiger partial charge in [-0.15, -0.1) is 6.58 Å². The molecule has 0 radical (unpaired) electrons. The molecule has 150 valence electrons. The molecule has 0 fully saturated rings. The van der Waals surface area contributed by atoms with Gasteiger partial charge in [0.2, 0.25) is 0 Å². The van der Waals surface area contributed by atoms with E-state index in [1.54, 1.807) is 29.2 Å². The molecule has 2 amide bonds. The second-order valence-corrected chi connectivity index (χ2v) is 7.68. The minimum Gasteiger partial charge on any atom is -0.345 e. The van der Waals surface area contributed by atoms with Crippen LogP contribution in [0.15, 0.2) is 73.4 Å². The molecule has 1 heterocycles. The normalized spacial score (nSPS) is 10.6. The first-order chi connectivity index (χ1) is 14.0. The van der Waals surface area contributed by atoms with Gasteiger partial charge in [-0.25, -0.2) is 4.79 Å². The zero-order chi connectivity index (χ0) is 20.8. The summed E-state index contributed by atoms with van der Waals surface area (Å²) >= 11 is 12.1. The molecule has 29 heavy (non-hydrogen) atoms. The highest BCUT2D eigenvalue weighted by Gasteiger charge is 2.16. The van der Waals surface area contributed by atoms with E-state index in [-0.39, 0.29) is 6.03 Å². The van der Waals surface area contributed by atoms with E-state index in [1.165, 1.54) is 11.1 Å². The second kappa shape index (κ2) is 9.68. The Bertz CT molecular complexity index is 1010. The van der Waals surface area contributed by atoms with Crippen LogP contribution in [0.3, 0.4) is 0 Å². The summed E-state index contributed by atoms with van der Waals surface area (Å²) < 4.78 is 2.15. The van der Waals surface area contributed by atoms with Crippen molar-refractivity contribution in [3.8, 4) is 0 Å². The van der Waals surface area contributed by atoms with E-state index in [1.807, 2.05) is 18.3 Å². The summed E-state index contributed by atoms with van der Waals surface area (Å²) in [5, 5.41) is 3.76. The van der Waals surface area contributed by atoms with Crippen molar-refractivity contribution >= 4 is 34.9 Å². The van der Waals surface area contributed by atoms with E-state index >= 15 is 0 Å². The van der Waals surface area contributed by atoms with Gasteiger partial charge in [0.25, 0.3) is 0 Å². The van der Waals surface area contributed by atoms with Gasteiger partial charge < -0.3 is 14.8 Å². The van der Waals surface area contributed by atoms with Crippen molar-refractivity contribution in [1.29, 1.82) is 0 Å². The van der Waals surface area contributed by atoms with Crippen molar-refractivity contribution in [2.24, 2.45) is 0 Å². The molecule has 1 aromatic heterocycles. The van der Waals surface area contributed by atoms with Crippen molar-refractivity contribution in [2.45, 2.75) is 20.0 Å². The van der Waals surface area contributed by atoms with E-state index in [2.05, 4.69) is 47.7 Å². The molecule has 3 rings (SSSR count). The highest BCUT2D eigenvalue weighted by Crippen LogP contribution is 2.25. The van der Waals surface area contributed by atoms with Crippen LogP contribution >= 0.6 is 23.2 Å².